The lowest BCUT2D eigenvalue weighted by Gasteiger charge is -2.47. The van der Waals surface area contributed by atoms with Gasteiger partial charge in [0.25, 0.3) is 10.0 Å². The van der Waals surface area contributed by atoms with Gasteiger partial charge < -0.3 is 15.2 Å². The van der Waals surface area contributed by atoms with E-state index in [0.717, 1.165) is 41.4 Å². The number of anilines is 1. The fourth-order valence-corrected chi connectivity index (χ4v) is 8.32. The zero-order valence-corrected chi connectivity index (χ0v) is 25.7. The van der Waals surface area contributed by atoms with E-state index < -0.39 is 15.8 Å². The first-order valence-electron chi connectivity index (χ1n) is 15.1. The number of hydrogen-bond acceptors (Lipinski definition) is 9. The predicted molar refractivity (Wildman–Crippen MR) is 164 cm³/mol. The summed E-state index contributed by atoms with van der Waals surface area (Å²) < 4.78 is 50.3. The molecule has 0 amide bonds. The fraction of sp³-hybridized carbons (Fsp3) is 0.375. The Kier molecular flexibility index (Phi) is 7.32. The van der Waals surface area contributed by atoms with E-state index in [0.29, 0.717) is 23.5 Å². The van der Waals surface area contributed by atoms with Crippen molar-refractivity contribution < 1.29 is 27.4 Å². The number of halogens is 1. The first kappa shape index (κ1) is 29.4. The molecule has 1 unspecified atom stereocenters. The first-order valence-corrected chi connectivity index (χ1v) is 16.5. The summed E-state index contributed by atoms with van der Waals surface area (Å²) in [5.41, 5.74) is 2.35. The zero-order valence-electron chi connectivity index (χ0n) is 24.9. The summed E-state index contributed by atoms with van der Waals surface area (Å²) in [6.07, 6.45) is 7.86. The molecule has 3 fully saturated rings. The molecule has 0 spiro atoms. The molecule has 234 valence electrons. The highest BCUT2D eigenvalue weighted by Crippen LogP contribution is 2.47. The van der Waals surface area contributed by atoms with Crippen molar-refractivity contribution in [2.45, 2.75) is 57.1 Å². The number of carbonyl (C=O) groups is 1. The van der Waals surface area contributed by atoms with Crippen LogP contribution < -0.4 is 5.32 Å². The van der Waals surface area contributed by atoms with Crippen LogP contribution in [0.4, 0.5) is 10.2 Å². The maximum absolute atomic E-state index is 14.6. The van der Waals surface area contributed by atoms with Crippen LogP contribution in [0.3, 0.4) is 0 Å². The lowest BCUT2D eigenvalue weighted by molar-refractivity contribution is -0.154. The Hall–Kier alpha value is -4.36. The molecule has 3 aliphatic rings. The summed E-state index contributed by atoms with van der Waals surface area (Å²) in [6.45, 7) is 3.71. The second-order valence-electron chi connectivity index (χ2n) is 11.9. The molecule has 2 bridgehead atoms. The number of aryl methyl sites for hydroxylation is 1. The number of hydrogen-bond donors (Lipinski definition) is 2. The molecule has 2 N–H and O–H groups in total. The fourth-order valence-electron chi connectivity index (χ4n) is 6.99. The summed E-state index contributed by atoms with van der Waals surface area (Å²) >= 11 is 0. The van der Waals surface area contributed by atoms with Crippen LogP contribution in [-0.4, -0.2) is 55.7 Å². The van der Waals surface area contributed by atoms with Crippen molar-refractivity contribution in [3.8, 4) is 11.4 Å². The third kappa shape index (κ3) is 5.03. The average molecular weight is 633 g/mol. The van der Waals surface area contributed by atoms with Crippen molar-refractivity contribution in [1.82, 2.24) is 23.6 Å². The van der Waals surface area contributed by atoms with E-state index in [2.05, 4.69) is 15.4 Å². The van der Waals surface area contributed by atoms with Crippen molar-refractivity contribution in [1.29, 1.82) is 0 Å². The Morgan fingerprint density at radius 1 is 1.11 bits per heavy atom. The molecule has 11 nitrogen and oxygen atoms in total. The van der Waals surface area contributed by atoms with Crippen molar-refractivity contribution in [3.05, 3.63) is 71.9 Å². The second-order valence-corrected chi connectivity index (χ2v) is 13.7. The Labute approximate surface area is 259 Å². The van der Waals surface area contributed by atoms with Crippen molar-refractivity contribution in [2.24, 2.45) is 17.8 Å². The Balaban J connectivity index is 1.39. The van der Waals surface area contributed by atoms with E-state index in [1.807, 2.05) is 6.92 Å². The summed E-state index contributed by atoms with van der Waals surface area (Å²) in [7, 11) is -4.12. The standard InChI is InChI=1S/C32H33FN6O5S/c1-3-44-32(41)27-20-6-8-21(9-7-20)28(27)35-30-26-12-19(17-40)15-38(26)37-29(36-30)25-16-39(31-24(25)13-22(33)14-34-31)45(42,43)23-10-4-18(2)5-11-23/h4-5,10-16,20-21,27-28,40H,3,6-9,17H2,1-2H3,(H,35,36,37)/t20?,21?,27-,28?/m0/s1. The molecule has 4 heterocycles. The van der Waals surface area contributed by atoms with Gasteiger partial charge in [0, 0.05) is 29.4 Å². The molecule has 8 rings (SSSR count). The predicted octanol–water partition coefficient (Wildman–Crippen LogP) is 4.70. The minimum atomic E-state index is -4.12. The van der Waals surface area contributed by atoms with Crippen LogP contribution in [0.25, 0.3) is 27.9 Å². The average Bonchev–Trinajstić information content (AvgIpc) is 3.64. The number of fused-ring (bicyclic) bond motifs is 5. The summed E-state index contributed by atoms with van der Waals surface area (Å²) in [5.74, 6) is -0.257. The number of pyridine rings is 1. The number of carbonyl (C=O) groups excluding carboxylic acids is 1. The highest BCUT2D eigenvalue weighted by molar-refractivity contribution is 7.90. The SMILES string of the molecule is CCOC(=O)[C@H]1C2CCC(CC2)C1Nc1nc(-c2cn(S(=O)(=O)c3ccc(C)cc3)c3ncc(F)cc23)nn2cc(CO)cc12. The van der Waals surface area contributed by atoms with Gasteiger partial charge in [-0.1, -0.05) is 17.7 Å². The van der Waals surface area contributed by atoms with E-state index in [9.17, 15) is 22.7 Å². The lowest BCUT2D eigenvalue weighted by atomic mass is 9.61. The number of aromatic nitrogens is 5. The number of aliphatic hydroxyl groups is 1. The number of rotatable bonds is 8. The van der Waals surface area contributed by atoms with E-state index >= 15 is 0 Å². The number of nitrogens with one attached hydrogen (secondary N) is 1. The maximum atomic E-state index is 14.6. The van der Waals surface area contributed by atoms with E-state index in [4.69, 9.17) is 9.72 Å². The van der Waals surface area contributed by atoms with Crippen molar-refractivity contribution in [3.63, 3.8) is 0 Å². The summed E-state index contributed by atoms with van der Waals surface area (Å²) in [6, 6.07) is 9.17. The summed E-state index contributed by atoms with van der Waals surface area (Å²) in [4.78, 5) is 22.2. The molecule has 1 aromatic carbocycles. The van der Waals surface area contributed by atoms with Gasteiger partial charge in [-0.15, -0.1) is 5.10 Å². The number of ether oxygens (including phenoxy) is 1. The number of esters is 1. The third-order valence-corrected chi connectivity index (χ3v) is 10.8. The molecule has 2 atom stereocenters. The van der Waals surface area contributed by atoms with Crippen LogP contribution in [0.2, 0.25) is 0 Å². The topological polar surface area (TPSA) is 141 Å². The third-order valence-electron chi connectivity index (χ3n) is 9.18. The van der Waals surface area contributed by atoms with Crippen LogP contribution in [0.5, 0.6) is 0 Å². The van der Waals surface area contributed by atoms with Crippen LogP contribution in [0.15, 0.2) is 59.9 Å². The number of aliphatic hydroxyl groups excluding tert-OH is 1. The summed E-state index contributed by atoms with van der Waals surface area (Å²) in [5, 5.41) is 18.4. The first-order chi connectivity index (χ1) is 21.7. The van der Waals surface area contributed by atoms with Gasteiger partial charge in [-0.25, -0.2) is 31.3 Å². The molecular formula is C32H33FN6O5S. The Bertz CT molecular complexity index is 2030. The van der Waals surface area contributed by atoms with Gasteiger partial charge in [-0.05, 0) is 81.2 Å². The van der Waals surface area contributed by atoms with Crippen molar-refractivity contribution >= 4 is 38.4 Å². The molecule has 0 aliphatic heterocycles. The van der Waals surface area contributed by atoms with Crippen LogP contribution in [-0.2, 0) is 26.2 Å². The molecule has 0 radical (unpaired) electrons. The van der Waals surface area contributed by atoms with Gasteiger partial charge in [-0.3, -0.25) is 4.79 Å². The Morgan fingerprint density at radius 3 is 2.56 bits per heavy atom. The normalized spacial score (nSPS) is 21.4. The minimum Gasteiger partial charge on any atom is -0.466 e. The molecule has 3 saturated carbocycles. The molecular weight excluding hydrogens is 599 g/mol. The highest BCUT2D eigenvalue weighted by Gasteiger charge is 2.48. The molecule has 13 heteroatoms. The van der Waals surface area contributed by atoms with Gasteiger partial charge in [0.05, 0.1) is 30.2 Å². The van der Waals surface area contributed by atoms with Gasteiger partial charge in [-0.2, -0.15) is 0 Å². The molecule has 5 aromatic rings. The molecule has 45 heavy (non-hydrogen) atoms. The van der Waals surface area contributed by atoms with Crippen LogP contribution >= 0.6 is 0 Å². The lowest BCUT2D eigenvalue weighted by Crippen LogP contribution is -2.52. The zero-order chi connectivity index (χ0) is 31.5. The largest absolute Gasteiger partial charge is 0.466 e. The van der Waals surface area contributed by atoms with Crippen molar-refractivity contribution in [2.75, 3.05) is 11.9 Å². The van der Waals surface area contributed by atoms with Gasteiger partial charge in [0.2, 0.25) is 0 Å². The maximum Gasteiger partial charge on any atom is 0.311 e. The molecule has 4 aromatic heterocycles. The van der Waals surface area contributed by atoms with Gasteiger partial charge >= 0.3 is 5.97 Å². The number of benzene rings is 1. The molecule has 0 saturated heterocycles. The van der Waals surface area contributed by atoms with E-state index in [1.54, 1.807) is 35.8 Å². The van der Waals surface area contributed by atoms with E-state index in [-0.39, 0.29) is 63.7 Å². The van der Waals surface area contributed by atoms with E-state index in [1.165, 1.54) is 24.4 Å². The van der Waals surface area contributed by atoms with Gasteiger partial charge in [0.15, 0.2) is 17.3 Å². The highest BCUT2D eigenvalue weighted by atomic mass is 32.2. The smallest absolute Gasteiger partial charge is 0.311 e. The second kappa shape index (κ2) is 11.2. The quantitative estimate of drug-likeness (QED) is 0.233. The number of nitrogens with zero attached hydrogens (tertiary/aromatic N) is 5. The Morgan fingerprint density at radius 2 is 1.84 bits per heavy atom. The van der Waals surface area contributed by atoms with Crippen LogP contribution in [0, 0.1) is 30.5 Å². The monoisotopic (exact) mass is 632 g/mol. The van der Waals surface area contributed by atoms with Crippen LogP contribution in [0.1, 0.15) is 43.7 Å². The van der Waals surface area contributed by atoms with Gasteiger partial charge in [0.1, 0.15) is 11.3 Å². The minimum absolute atomic E-state index is 0.0284. The molecule has 3 aliphatic carbocycles.